The van der Waals surface area contributed by atoms with Gasteiger partial charge in [-0.1, -0.05) is 0 Å². The van der Waals surface area contributed by atoms with Gasteiger partial charge in [-0.2, -0.15) is 5.10 Å². The average Bonchev–Trinajstić information content (AvgIpc) is 2.92. The maximum absolute atomic E-state index is 12.1. The van der Waals surface area contributed by atoms with E-state index in [4.69, 9.17) is 0 Å². The molecule has 0 aromatic carbocycles. The van der Waals surface area contributed by atoms with Gasteiger partial charge in [0, 0.05) is 51.7 Å². The number of piperazine rings is 1. The SMILES string of the molecule is O=C(NCCN1CCNCC1)c1cnn2ccncc12. The molecule has 0 atom stereocenters. The maximum Gasteiger partial charge on any atom is 0.255 e. The number of hydrogen-bond acceptors (Lipinski definition) is 5. The number of nitrogens with one attached hydrogen (secondary N) is 2. The number of amides is 1. The molecule has 106 valence electrons. The second-order valence-corrected chi connectivity index (χ2v) is 4.81. The van der Waals surface area contributed by atoms with E-state index in [-0.39, 0.29) is 5.91 Å². The van der Waals surface area contributed by atoms with Crippen LogP contribution in [0.15, 0.2) is 24.8 Å². The second-order valence-electron chi connectivity index (χ2n) is 4.81. The summed E-state index contributed by atoms with van der Waals surface area (Å²) in [6, 6.07) is 0. The Labute approximate surface area is 117 Å². The van der Waals surface area contributed by atoms with E-state index in [1.54, 1.807) is 29.3 Å². The van der Waals surface area contributed by atoms with E-state index >= 15 is 0 Å². The van der Waals surface area contributed by atoms with E-state index in [0.717, 1.165) is 38.2 Å². The summed E-state index contributed by atoms with van der Waals surface area (Å²) in [4.78, 5) is 18.5. The summed E-state index contributed by atoms with van der Waals surface area (Å²) in [6.07, 6.45) is 6.61. The number of hydrogen-bond donors (Lipinski definition) is 2. The molecule has 2 aromatic rings. The molecule has 1 aliphatic rings. The summed E-state index contributed by atoms with van der Waals surface area (Å²) in [5, 5.41) is 10.4. The predicted molar refractivity (Wildman–Crippen MR) is 74.6 cm³/mol. The number of carbonyl (C=O) groups is 1. The average molecular weight is 274 g/mol. The molecule has 1 aliphatic heterocycles. The van der Waals surface area contributed by atoms with E-state index in [0.29, 0.717) is 12.1 Å². The minimum absolute atomic E-state index is 0.0943. The Hall–Kier alpha value is -1.99. The highest BCUT2D eigenvalue weighted by Gasteiger charge is 2.13. The monoisotopic (exact) mass is 274 g/mol. The van der Waals surface area contributed by atoms with Crippen molar-refractivity contribution in [2.45, 2.75) is 0 Å². The number of fused-ring (bicyclic) bond motifs is 1. The Morgan fingerprint density at radius 1 is 1.35 bits per heavy atom. The van der Waals surface area contributed by atoms with Crippen LogP contribution in [0.25, 0.3) is 5.52 Å². The second kappa shape index (κ2) is 5.98. The molecule has 7 heteroatoms. The van der Waals surface area contributed by atoms with Gasteiger partial charge in [0.15, 0.2) is 0 Å². The smallest absolute Gasteiger partial charge is 0.255 e. The predicted octanol–water partition coefficient (Wildman–Crippen LogP) is -0.636. The van der Waals surface area contributed by atoms with Crippen molar-refractivity contribution in [2.75, 3.05) is 39.3 Å². The van der Waals surface area contributed by atoms with Crippen LogP contribution in [0.4, 0.5) is 0 Å². The van der Waals surface area contributed by atoms with Gasteiger partial charge in [-0.3, -0.25) is 14.7 Å². The molecule has 2 aromatic heterocycles. The third kappa shape index (κ3) is 2.78. The lowest BCUT2D eigenvalue weighted by Gasteiger charge is -2.27. The van der Waals surface area contributed by atoms with Crippen LogP contribution >= 0.6 is 0 Å². The maximum atomic E-state index is 12.1. The third-order valence-electron chi connectivity index (χ3n) is 3.49. The summed E-state index contributed by atoms with van der Waals surface area (Å²) in [7, 11) is 0. The van der Waals surface area contributed by atoms with Gasteiger partial charge >= 0.3 is 0 Å². The molecule has 3 heterocycles. The van der Waals surface area contributed by atoms with Gasteiger partial charge in [0.05, 0.1) is 23.5 Å². The van der Waals surface area contributed by atoms with E-state index < -0.39 is 0 Å². The molecule has 0 saturated carbocycles. The number of carbonyl (C=O) groups excluding carboxylic acids is 1. The quantitative estimate of drug-likeness (QED) is 0.776. The minimum Gasteiger partial charge on any atom is -0.351 e. The highest BCUT2D eigenvalue weighted by molar-refractivity contribution is 6.00. The number of nitrogens with zero attached hydrogens (tertiary/aromatic N) is 4. The van der Waals surface area contributed by atoms with Gasteiger partial charge in [0.2, 0.25) is 0 Å². The van der Waals surface area contributed by atoms with Crippen LogP contribution < -0.4 is 10.6 Å². The van der Waals surface area contributed by atoms with Crippen LogP contribution in [-0.4, -0.2) is 64.7 Å². The lowest BCUT2D eigenvalue weighted by atomic mass is 10.2. The largest absolute Gasteiger partial charge is 0.351 e. The van der Waals surface area contributed by atoms with Crippen molar-refractivity contribution in [3.8, 4) is 0 Å². The van der Waals surface area contributed by atoms with Crippen LogP contribution in [0.5, 0.6) is 0 Å². The molecule has 7 nitrogen and oxygen atoms in total. The van der Waals surface area contributed by atoms with E-state index in [1.807, 2.05) is 0 Å². The van der Waals surface area contributed by atoms with E-state index in [2.05, 4.69) is 25.6 Å². The van der Waals surface area contributed by atoms with Gasteiger partial charge < -0.3 is 10.6 Å². The molecule has 0 radical (unpaired) electrons. The van der Waals surface area contributed by atoms with Gasteiger partial charge in [0.1, 0.15) is 0 Å². The highest BCUT2D eigenvalue weighted by atomic mass is 16.1. The van der Waals surface area contributed by atoms with Gasteiger partial charge in [0.25, 0.3) is 5.91 Å². The molecule has 1 fully saturated rings. The van der Waals surface area contributed by atoms with Crippen molar-refractivity contribution in [2.24, 2.45) is 0 Å². The summed E-state index contributed by atoms with van der Waals surface area (Å²) in [5.41, 5.74) is 1.30. The zero-order valence-corrected chi connectivity index (χ0v) is 11.2. The van der Waals surface area contributed by atoms with Crippen molar-refractivity contribution in [3.63, 3.8) is 0 Å². The first kappa shape index (κ1) is 13.0. The highest BCUT2D eigenvalue weighted by Crippen LogP contribution is 2.07. The normalized spacial score (nSPS) is 16.4. The molecule has 0 spiro atoms. The molecule has 1 saturated heterocycles. The first-order valence-corrected chi connectivity index (χ1v) is 6.83. The fourth-order valence-electron chi connectivity index (χ4n) is 2.37. The molecule has 20 heavy (non-hydrogen) atoms. The molecule has 3 rings (SSSR count). The Morgan fingerprint density at radius 3 is 3.05 bits per heavy atom. The molecule has 0 aliphatic carbocycles. The van der Waals surface area contributed by atoms with E-state index in [1.165, 1.54) is 0 Å². The summed E-state index contributed by atoms with van der Waals surface area (Å²) < 4.78 is 1.65. The van der Waals surface area contributed by atoms with Crippen LogP contribution in [0, 0.1) is 0 Å². The molecule has 2 N–H and O–H groups in total. The van der Waals surface area contributed by atoms with Crippen LogP contribution in [0.3, 0.4) is 0 Å². The fourth-order valence-corrected chi connectivity index (χ4v) is 2.37. The molecule has 0 bridgehead atoms. The van der Waals surface area contributed by atoms with Crippen molar-refractivity contribution in [1.82, 2.24) is 30.1 Å². The lowest BCUT2D eigenvalue weighted by molar-refractivity contribution is 0.0949. The van der Waals surface area contributed by atoms with Crippen molar-refractivity contribution < 1.29 is 4.79 Å². The Bertz CT molecular complexity index is 589. The Morgan fingerprint density at radius 2 is 2.20 bits per heavy atom. The number of aromatic nitrogens is 3. The van der Waals surface area contributed by atoms with Crippen molar-refractivity contribution in [3.05, 3.63) is 30.4 Å². The molecule has 1 amide bonds. The van der Waals surface area contributed by atoms with Gasteiger partial charge in [-0.25, -0.2) is 4.52 Å². The van der Waals surface area contributed by atoms with Gasteiger partial charge in [-0.15, -0.1) is 0 Å². The Balaban J connectivity index is 1.56. The zero-order valence-electron chi connectivity index (χ0n) is 11.2. The fraction of sp³-hybridized carbons (Fsp3) is 0.462. The standard InChI is InChI=1S/C13H18N6O/c20-13(16-4-7-18-5-1-14-2-6-18)11-9-17-19-8-3-15-10-12(11)19/h3,8-10,14H,1-2,4-7H2,(H,16,20). The van der Waals surface area contributed by atoms with Crippen LogP contribution in [0.2, 0.25) is 0 Å². The molecule has 0 unspecified atom stereocenters. The summed E-state index contributed by atoms with van der Waals surface area (Å²) in [5.74, 6) is -0.0943. The molecular weight excluding hydrogens is 256 g/mol. The lowest BCUT2D eigenvalue weighted by Crippen LogP contribution is -2.46. The summed E-state index contributed by atoms with van der Waals surface area (Å²) in [6.45, 7) is 5.65. The topological polar surface area (TPSA) is 74.6 Å². The first-order valence-electron chi connectivity index (χ1n) is 6.83. The minimum atomic E-state index is -0.0943. The molecular formula is C13H18N6O. The van der Waals surface area contributed by atoms with Gasteiger partial charge in [-0.05, 0) is 0 Å². The van der Waals surface area contributed by atoms with Crippen molar-refractivity contribution >= 4 is 11.4 Å². The van der Waals surface area contributed by atoms with Crippen LogP contribution in [-0.2, 0) is 0 Å². The van der Waals surface area contributed by atoms with E-state index in [9.17, 15) is 4.79 Å². The Kier molecular flexibility index (Phi) is 3.89. The van der Waals surface area contributed by atoms with Crippen LogP contribution in [0.1, 0.15) is 10.4 Å². The first-order chi connectivity index (χ1) is 9.84. The number of rotatable bonds is 4. The zero-order chi connectivity index (χ0) is 13.8. The summed E-state index contributed by atoms with van der Waals surface area (Å²) >= 11 is 0. The van der Waals surface area contributed by atoms with Crippen molar-refractivity contribution in [1.29, 1.82) is 0 Å². The third-order valence-corrected chi connectivity index (χ3v) is 3.49.